The highest BCUT2D eigenvalue weighted by molar-refractivity contribution is 7.99. The molecule has 0 aliphatic carbocycles. The maximum Gasteiger partial charge on any atom is 0.481 e. The maximum atomic E-state index is 12.6. The van der Waals surface area contributed by atoms with E-state index in [1.165, 1.54) is 13.8 Å². The molecule has 27 heteroatoms. The van der Waals surface area contributed by atoms with Gasteiger partial charge in [-0.25, -0.2) is 28.6 Å². The number of phosphoric acid groups is 3. The average molecular weight is 840 g/mol. The molecule has 1 saturated heterocycles. The van der Waals surface area contributed by atoms with Crippen LogP contribution in [0.1, 0.15) is 53.7 Å². The van der Waals surface area contributed by atoms with Crippen molar-refractivity contribution in [2.75, 3.05) is 43.5 Å². The zero-order chi connectivity index (χ0) is 40.2. The molecule has 0 aromatic carbocycles. The Labute approximate surface area is 309 Å². The van der Waals surface area contributed by atoms with Crippen LogP contribution in [0.15, 0.2) is 12.7 Å². The van der Waals surface area contributed by atoms with E-state index >= 15 is 0 Å². The molecule has 7 atom stereocenters. The fourth-order valence-electron chi connectivity index (χ4n) is 4.45. The Balaban J connectivity index is 0.00000477. The largest absolute Gasteiger partial charge is 0.481 e. The molecule has 10 N–H and O–H groups in total. The fraction of sp³-hybridized carbons (Fsp3) is 0.731. The molecule has 0 saturated carbocycles. The van der Waals surface area contributed by atoms with E-state index in [0.29, 0.717) is 6.54 Å². The molecule has 1 aliphatic heterocycles. The van der Waals surface area contributed by atoms with Gasteiger partial charge in [0, 0.05) is 30.7 Å². The van der Waals surface area contributed by atoms with Crippen LogP contribution in [0.3, 0.4) is 0 Å². The molecule has 1 fully saturated rings. The van der Waals surface area contributed by atoms with Crippen LogP contribution in [-0.4, -0.2) is 123 Å². The topological polar surface area (TPSA) is 347 Å². The molecule has 7 unspecified atom stereocenters. The summed E-state index contributed by atoms with van der Waals surface area (Å²) < 4.78 is 62.0. The van der Waals surface area contributed by atoms with Gasteiger partial charge in [-0.15, -0.1) is 0 Å². The number of nitrogens with zero attached hydrogens (tertiary/aromatic N) is 4. The highest BCUT2D eigenvalue weighted by Gasteiger charge is 2.50. The number of hydrogen-bond donors (Lipinski definition) is 9. The number of aliphatic hydroxyl groups is 2. The van der Waals surface area contributed by atoms with E-state index in [4.69, 9.17) is 19.5 Å². The minimum atomic E-state index is -5.54. The van der Waals surface area contributed by atoms with Crippen LogP contribution >= 0.6 is 35.2 Å². The molecule has 1 aliphatic rings. The number of aliphatic hydroxyl groups excluding tert-OH is 2. The third-order valence-electron chi connectivity index (χ3n) is 6.99. The molecule has 3 heterocycles. The standard InChI is InChI=1S/C24H42N7O16P3S.C2H6/c1-4-8-51-9-7-26-15(32)5-6-27-22(35)19(34)24(2,3)11-44-50(41,42)47-49(39,40)43-10-14-18(46-48(36,37)38)17(33)23(45-14)31-13-30-16-20(25)28-12-29-21(16)31;1-2/h12-14,17-19,23,33-34H,4-11H2,1-3H3,(H,26,32)(H,27,35)(H,39,40)(H,41,42)(H2,25,28,29)(H2,36,37,38);1-2H3. The summed E-state index contributed by atoms with van der Waals surface area (Å²) in [4.78, 5) is 75.2. The van der Waals surface area contributed by atoms with Gasteiger partial charge in [0.05, 0.1) is 19.5 Å². The molecular weight excluding hydrogens is 791 g/mol. The maximum absolute atomic E-state index is 12.6. The number of thioether (sulfide) groups is 1. The highest BCUT2D eigenvalue weighted by atomic mass is 32.2. The van der Waals surface area contributed by atoms with Crippen LogP contribution in [0, 0.1) is 5.41 Å². The lowest BCUT2D eigenvalue weighted by Gasteiger charge is -2.30. The Morgan fingerprint density at radius 2 is 1.72 bits per heavy atom. The summed E-state index contributed by atoms with van der Waals surface area (Å²) in [6.07, 6.45) is -5.67. The van der Waals surface area contributed by atoms with Crippen molar-refractivity contribution in [3.8, 4) is 0 Å². The summed E-state index contributed by atoms with van der Waals surface area (Å²) in [5, 5.41) is 26.4. The third-order valence-corrected chi connectivity index (χ3v) is 11.3. The predicted octanol–water partition coefficient (Wildman–Crippen LogP) is 0.574. The van der Waals surface area contributed by atoms with Crippen LogP contribution in [0.2, 0.25) is 0 Å². The van der Waals surface area contributed by atoms with Crippen LogP contribution in [0.5, 0.6) is 0 Å². The number of nitrogens with one attached hydrogen (secondary N) is 2. The van der Waals surface area contributed by atoms with Gasteiger partial charge in [0.15, 0.2) is 17.7 Å². The van der Waals surface area contributed by atoms with Crippen LogP contribution < -0.4 is 16.4 Å². The van der Waals surface area contributed by atoms with Gasteiger partial charge in [-0.1, -0.05) is 34.6 Å². The number of nitrogen functional groups attached to an aromatic ring is 1. The zero-order valence-corrected chi connectivity index (χ0v) is 33.1. The first-order valence-electron chi connectivity index (χ1n) is 16.1. The fourth-order valence-corrected chi connectivity index (χ4v) is 8.02. The van der Waals surface area contributed by atoms with Crippen molar-refractivity contribution in [1.29, 1.82) is 0 Å². The summed E-state index contributed by atoms with van der Waals surface area (Å²) in [7, 11) is -16.3. The number of imidazole rings is 1. The minimum Gasteiger partial charge on any atom is -0.386 e. The number of carbonyl (C=O) groups excluding carboxylic acids is 2. The average Bonchev–Trinajstić information content (AvgIpc) is 3.63. The monoisotopic (exact) mass is 839 g/mol. The smallest absolute Gasteiger partial charge is 0.386 e. The lowest BCUT2D eigenvalue weighted by Crippen LogP contribution is -2.46. The van der Waals surface area contributed by atoms with E-state index in [-0.39, 0.29) is 35.9 Å². The van der Waals surface area contributed by atoms with Gasteiger partial charge in [0.25, 0.3) is 0 Å². The summed E-state index contributed by atoms with van der Waals surface area (Å²) in [6, 6.07) is 0. The lowest BCUT2D eigenvalue weighted by atomic mass is 9.87. The molecule has 0 bridgehead atoms. The molecule has 2 aromatic heterocycles. The van der Waals surface area contributed by atoms with Crippen LogP contribution in [-0.2, 0) is 45.9 Å². The molecule has 23 nitrogen and oxygen atoms in total. The van der Waals surface area contributed by atoms with E-state index in [0.717, 1.165) is 35.1 Å². The number of rotatable bonds is 21. The van der Waals surface area contributed by atoms with Gasteiger partial charge in [-0.05, 0) is 12.2 Å². The SMILES string of the molecule is CC.CCCSCCNC(=O)CCNC(=O)C(O)C(C)(C)COP(=O)(O)OP(=O)(O)OCC1OC(n2cnc3c(N)ncnc32)C(O)C1OP(=O)(O)O. The number of nitrogens with two attached hydrogens (primary N) is 1. The second kappa shape index (κ2) is 20.7. The first-order chi connectivity index (χ1) is 24.7. The first-order valence-corrected chi connectivity index (χ1v) is 21.8. The molecule has 304 valence electrons. The Morgan fingerprint density at radius 1 is 1.06 bits per heavy atom. The highest BCUT2D eigenvalue weighted by Crippen LogP contribution is 2.61. The van der Waals surface area contributed by atoms with E-state index in [9.17, 15) is 53.1 Å². The lowest BCUT2D eigenvalue weighted by molar-refractivity contribution is -0.137. The molecule has 0 spiro atoms. The van der Waals surface area contributed by atoms with Gasteiger partial charge in [0.1, 0.15) is 36.3 Å². The van der Waals surface area contributed by atoms with Gasteiger partial charge >= 0.3 is 23.5 Å². The van der Waals surface area contributed by atoms with Crippen molar-refractivity contribution in [3.05, 3.63) is 12.7 Å². The molecule has 3 rings (SSSR count). The van der Waals surface area contributed by atoms with Crippen LogP contribution in [0.25, 0.3) is 11.2 Å². The number of carbonyl (C=O) groups is 2. The Morgan fingerprint density at radius 3 is 2.36 bits per heavy atom. The van der Waals surface area contributed by atoms with Crippen molar-refractivity contribution in [2.45, 2.75) is 78.1 Å². The summed E-state index contributed by atoms with van der Waals surface area (Å²) >= 11 is 1.69. The zero-order valence-electron chi connectivity index (χ0n) is 29.6. The predicted molar refractivity (Wildman–Crippen MR) is 189 cm³/mol. The minimum absolute atomic E-state index is 0.0340. The Hall–Kier alpha value is -2.11. The first kappa shape index (κ1) is 47.0. The van der Waals surface area contributed by atoms with Gasteiger partial charge < -0.3 is 50.9 Å². The van der Waals surface area contributed by atoms with E-state index in [1.807, 2.05) is 20.8 Å². The molecule has 53 heavy (non-hydrogen) atoms. The van der Waals surface area contributed by atoms with Crippen molar-refractivity contribution in [1.82, 2.24) is 30.2 Å². The summed E-state index contributed by atoms with van der Waals surface area (Å²) in [5.74, 6) is 0.431. The molecular formula is C26H48N7O16P3S. The van der Waals surface area contributed by atoms with Gasteiger partial charge in [-0.3, -0.25) is 27.7 Å². The quantitative estimate of drug-likeness (QED) is 0.0613. The number of hydrogen-bond acceptors (Lipinski definition) is 17. The second-order valence-electron chi connectivity index (χ2n) is 11.7. The van der Waals surface area contributed by atoms with Crippen molar-refractivity contribution < 1.29 is 75.7 Å². The third kappa shape index (κ3) is 14.8. The number of amides is 2. The Bertz CT molecular complexity index is 1650. The summed E-state index contributed by atoms with van der Waals surface area (Å²) in [6.45, 7) is 6.97. The number of aromatic nitrogens is 4. The van der Waals surface area contributed by atoms with Crippen molar-refractivity contribution >= 4 is 64.0 Å². The molecule has 2 aromatic rings. The summed E-state index contributed by atoms with van der Waals surface area (Å²) in [5.41, 5.74) is 4.32. The number of phosphoric ester groups is 3. The van der Waals surface area contributed by atoms with E-state index < -0.39 is 78.6 Å². The van der Waals surface area contributed by atoms with Crippen molar-refractivity contribution in [3.63, 3.8) is 0 Å². The van der Waals surface area contributed by atoms with Gasteiger partial charge in [-0.2, -0.15) is 16.1 Å². The molecule has 0 radical (unpaired) electrons. The van der Waals surface area contributed by atoms with Crippen molar-refractivity contribution in [2.24, 2.45) is 5.41 Å². The Kier molecular flexibility index (Phi) is 18.4. The number of ether oxygens (including phenoxy) is 1. The van der Waals surface area contributed by atoms with Crippen LogP contribution in [0.4, 0.5) is 5.82 Å². The molecule has 2 amide bonds. The second-order valence-corrected chi connectivity index (χ2v) is 17.1. The normalized spacial score (nSPS) is 21.9. The van der Waals surface area contributed by atoms with E-state index in [1.54, 1.807) is 11.8 Å². The van der Waals surface area contributed by atoms with Gasteiger partial charge in [0.2, 0.25) is 11.8 Å². The van der Waals surface area contributed by atoms with E-state index in [2.05, 4.69) is 34.4 Å². The number of anilines is 1. The number of fused-ring (bicyclic) bond motifs is 1.